The van der Waals surface area contributed by atoms with Crippen molar-refractivity contribution >= 4 is 22.4 Å². The highest BCUT2D eigenvalue weighted by Gasteiger charge is 2.31. The number of ketones is 1. The van der Waals surface area contributed by atoms with Crippen molar-refractivity contribution < 1.29 is 9.18 Å². The Morgan fingerprint density at radius 3 is 2.73 bits per heavy atom. The lowest BCUT2D eigenvalue weighted by Gasteiger charge is -2.31. The van der Waals surface area contributed by atoms with E-state index in [0.717, 1.165) is 41.4 Å². The molecule has 0 unspecified atom stereocenters. The van der Waals surface area contributed by atoms with Crippen LogP contribution in [0.5, 0.6) is 0 Å². The van der Waals surface area contributed by atoms with Gasteiger partial charge in [0.05, 0.1) is 11.6 Å². The summed E-state index contributed by atoms with van der Waals surface area (Å²) in [7, 11) is 0. The van der Waals surface area contributed by atoms with Crippen molar-refractivity contribution in [3.63, 3.8) is 0 Å². The van der Waals surface area contributed by atoms with Crippen LogP contribution >= 0.6 is 0 Å². The number of rotatable bonds is 4. The fourth-order valence-corrected chi connectivity index (χ4v) is 3.79. The maximum atomic E-state index is 13.4. The van der Waals surface area contributed by atoms with Crippen molar-refractivity contribution in [1.82, 2.24) is 4.98 Å². The molecule has 1 N–H and O–H groups in total. The van der Waals surface area contributed by atoms with E-state index in [9.17, 15) is 9.18 Å². The Morgan fingerprint density at radius 2 is 1.92 bits per heavy atom. The molecule has 132 valence electrons. The van der Waals surface area contributed by atoms with Gasteiger partial charge in [-0.25, -0.2) is 4.39 Å². The summed E-state index contributed by atoms with van der Waals surface area (Å²) in [5.74, 6) is -0.0569. The third-order valence-electron chi connectivity index (χ3n) is 5.16. The van der Waals surface area contributed by atoms with Crippen molar-refractivity contribution in [2.75, 3.05) is 5.32 Å². The van der Waals surface area contributed by atoms with Gasteiger partial charge < -0.3 is 5.32 Å². The number of benzene rings is 2. The number of nitrogens with one attached hydrogen (secondary N) is 1. The molecule has 26 heavy (non-hydrogen) atoms. The highest BCUT2D eigenvalue weighted by Crippen LogP contribution is 2.35. The first-order chi connectivity index (χ1) is 12.7. The number of anilines is 1. The van der Waals surface area contributed by atoms with Gasteiger partial charge in [-0.2, -0.15) is 0 Å². The summed E-state index contributed by atoms with van der Waals surface area (Å²) in [6, 6.07) is 16.3. The average Bonchev–Trinajstić information content (AvgIpc) is 2.67. The Bertz CT molecular complexity index is 923. The first kappa shape index (κ1) is 16.7. The Balaban J connectivity index is 1.69. The number of hydrogen-bond acceptors (Lipinski definition) is 3. The highest BCUT2D eigenvalue weighted by atomic mass is 19.1. The van der Waals surface area contributed by atoms with E-state index < -0.39 is 0 Å². The van der Waals surface area contributed by atoms with Gasteiger partial charge in [0, 0.05) is 29.6 Å². The van der Waals surface area contributed by atoms with Gasteiger partial charge in [0.2, 0.25) is 0 Å². The van der Waals surface area contributed by atoms with E-state index in [-0.39, 0.29) is 17.8 Å². The zero-order chi connectivity index (χ0) is 17.9. The molecule has 1 heterocycles. The van der Waals surface area contributed by atoms with Crippen LogP contribution in [0.15, 0.2) is 60.8 Å². The molecule has 1 aliphatic rings. The number of halogens is 1. The third kappa shape index (κ3) is 3.45. The summed E-state index contributed by atoms with van der Waals surface area (Å²) in [6.07, 6.45) is 5.29. The number of Topliss-reactive ketones (excluding diaryl/α,β-unsaturated/α-hetero) is 1. The second kappa shape index (κ2) is 7.24. The number of fused-ring (bicyclic) bond motifs is 1. The van der Waals surface area contributed by atoms with Crippen LogP contribution in [0.2, 0.25) is 0 Å². The summed E-state index contributed by atoms with van der Waals surface area (Å²) in [5.41, 5.74) is 2.82. The lowest BCUT2D eigenvalue weighted by molar-refractivity contribution is -0.125. The van der Waals surface area contributed by atoms with Crippen LogP contribution < -0.4 is 5.32 Å². The predicted molar refractivity (Wildman–Crippen MR) is 101 cm³/mol. The zero-order valence-corrected chi connectivity index (χ0v) is 14.5. The molecule has 0 spiro atoms. The normalized spacial score (nSPS) is 18.7. The molecular weight excluding hydrogens is 327 g/mol. The quantitative estimate of drug-likeness (QED) is 0.697. The summed E-state index contributed by atoms with van der Waals surface area (Å²) in [5, 5.41) is 4.58. The number of aromatic nitrogens is 1. The van der Waals surface area contributed by atoms with E-state index in [1.807, 2.05) is 30.3 Å². The molecule has 4 heteroatoms. The number of pyridine rings is 1. The standard InChI is InChI=1S/C22H21FN2O/c23-17-9-7-15(8-10-17)22(19-5-1-2-6-21(19)26)25-18-11-12-20-16(14-18)4-3-13-24-20/h3-4,7-14,19,22,25H,1-2,5-6H2/t19-,22-/m0/s1. The molecule has 2 aromatic carbocycles. The maximum absolute atomic E-state index is 13.4. The molecule has 0 aliphatic heterocycles. The van der Waals surface area contributed by atoms with Crippen molar-refractivity contribution in [2.45, 2.75) is 31.7 Å². The average molecular weight is 348 g/mol. The van der Waals surface area contributed by atoms with Gasteiger partial charge in [0.1, 0.15) is 11.6 Å². The minimum Gasteiger partial charge on any atom is -0.377 e. The second-order valence-corrected chi connectivity index (χ2v) is 6.90. The van der Waals surface area contributed by atoms with E-state index in [1.165, 1.54) is 12.1 Å². The van der Waals surface area contributed by atoms with Crippen molar-refractivity contribution in [3.8, 4) is 0 Å². The molecule has 1 saturated carbocycles. The number of nitrogens with zero attached hydrogens (tertiary/aromatic N) is 1. The molecule has 1 fully saturated rings. The third-order valence-corrected chi connectivity index (χ3v) is 5.16. The number of carbonyl (C=O) groups excluding carboxylic acids is 1. The number of hydrogen-bond donors (Lipinski definition) is 1. The van der Waals surface area contributed by atoms with Gasteiger partial charge in [-0.1, -0.05) is 24.6 Å². The zero-order valence-electron chi connectivity index (χ0n) is 14.5. The predicted octanol–water partition coefficient (Wildman–Crippen LogP) is 5.29. The van der Waals surface area contributed by atoms with E-state index in [0.29, 0.717) is 12.2 Å². The van der Waals surface area contributed by atoms with Gasteiger partial charge in [-0.15, -0.1) is 0 Å². The van der Waals surface area contributed by atoms with Gasteiger partial charge in [0.15, 0.2) is 0 Å². The first-order valence-corrected chi connectivity index (χ1v) is 9.10. The van der Waals surface area contributed by atoms with Crippen LogP contribution in [-0.4, -0.2) is 10.8 Å². The lowest BCUT2D eigenvalue weighted by Crippen LogP contribution is -2.30. The molecule has 0 amide bonds. The fourth-order valence-electron chi connectivity index (χ4n) is 3.79. The van der Waals surface area contributed by atoms with Gasteiger partial charge in [-0.05, 0) is 54.8 Å². The van der Waals surface area contributed by atoms with Crippen LogP contribution in [-0.2, 0) is 4.79 Å². The Morgan fingerprint density at radius 1 is 1.08 bits per heavy atom. The smallest absolute Gasteiger partial charge is 0.138 e. The van der Waals surface area contributed by atoms with E-state index in [2.05, 4.69) is 10.3 Å². The molecule has 1 aromatic heterocycles. The van der Waals surface area contributed by atoms with Crippen molar-refractivity contribution in [2.24, 2.45) is 5.92 Å². The van der Waals surface area contributed by atoms with E-state index >= 15 is 0 Å². The molecule has 0 saturated heterocycles. The van der Waals surface area contributed by atoms with Crippen LogP contribution in [0.1, 0.15) is 37.3 Å². The highest BCUT2D eigenvalue weighted by molar-refractivity contribution is 5.84. The lowest BCUT2D eigenvalue weighted by atomic mass is 9.80. The molecule has 0 radical (unpaired) electrons. The first-order valence-electron chi connectivity index (χ1n) is 9.10. The summed E-state index contributed by atoms with van der Waals surface area (Å²) >= 11 is 0. The van der Waals surface area contributed by atoms with E-state index in [1.54, 1.807) is 18.3 Å². The summed E-state index contributed by atoms with van der Waals surface area (Å²) < 4.78 is 13.4. The minimum absolute atomic E-state index is 0.0844. The molecule has 4 rings (SSSR count). The Labute approximate surface area is 152 Å². The topological polar surface area (TPSA) is 42.0 Å². The molecule has 3 aromatic rings. The SMILES string of the molecule is O=C1CCCC[C@@H]1[C@@H](Nc1ccc2ncccc2c1)c1ccc(F)cc1. The largest absolute Gasteiger partial charge is 0.377 e. The van der Waals surface area contributed by atoms with Gasteiger partial charge in [0.25, 0.3) is 0 Å². The number of carbonyl (C=O) groups is 1. The van der Waals surface area contributed by atoms with Crippen molar-refractivity contribution in [3.05, 3.63) is 72.2 Å². The summed E-state index contributed by atoms with van der Waals surface area (Å²) in [4.78, 5) is 16.9. The van der Waals surface area contributed by atoms with E-state index in [4.69, 9.17) is 0 Å². The van der Waals surface area contributed by atoms with Gasteiger partial charge in [-0.3, -0.25) is 9.78 Å². The molecule has 3 nitrogen and oxygen atoms in total. The Hall–Kier alpha value is -2.75. The minimum atomic E-state index is -0.265. The van der Waals surface area contributed by atoms with Crippen LogP contribution in [0.3, 0.4) is 0 Å². The van der Waals surface area contributed by atoms with Gasteiger partial charge >= 0.3 is 0 Å². The van der Waals surface area contributed by atoms with Crippen LogP contribution in [0.4, 0.5) is 10.1 Å². The monoisotopic (exact) mass is 348 g/mol. The molecule has 1 aliphatic carbocycles. The fraction of sp³-hybridized carbons (Fsp3) is 0.273. The van der Waals surface area contributed by atoms with Crippen LogP contribution in [0.25, 0.3) is 10.9 Å². The molecular formula is C22H21FN2O. The molecule has 0 bridgehead atoms. The van der Waals surface area contributed by atoms with Crippen LogP contribution in [0, 0.1) is 11.7 Å². The summed E-state index contributed by atoms with van der Waals surface area (Å²) in [6.45, 7) is 0. The maximum Gasteiger partial charge on any atom is 0.138 e. The Kier molecular flexibility index (Phi) is 4.65. The van der Waals surface area contributed by atoms with Crippen molar-refractivity contribution in [1.29, 1.82) is 0 Å². The second-order valence-electron chi connectivity index (χ2n) is 6.90. The molecule has 2 atom stereocenters.